The quantitative estimate of drug-likeness (QED) is 0.251. The molecule has 2 heterocycles. The van der Waals surface area contributed by atoms with Crippen LogP contribution in [-0.2, 0) is 11.3 Å². The summed E-state index contributed by atoms with van der Waals surface area (Å²) in [6.07, 6.45) is 1.99. The number of pyridine rings is 2. The van der Waals surface area contributed by atoms with Gasteiger partial charge in [-0.15, -0.1) is 0 Å². The molecule has 8 heteroatoms. The van der Waals surface area contributed by atoms with Crippen molar-refractivity contribution in [2.75, 3.05) is 13.7 Å². The minimum Gasteiger partial charge on any atom is -0.497 e. The Balaban J connectivity index is 1.70. The Hall–Kier alpha value is -4.07. The number of hydrogen-bond acceptors (Lipinski definition) is 6. The number of carbonyl (C=O) groups excluding carboxylic acids is 1. The third-order valence-electron chi connectivity index (χ3n) is 6.58. The number of aryl methyl sites for hydroxylation is 1. The molecule has 1 N–H and O–H groups in total. The molecule has 8 nitrogen and oxygen atoms in total. The number of ether oxygens (including phenoxy) is 3. The van der Waals surface area contributed by atoms with Crippen molar-refractivity contribution in [1.82, 2.24) is 14.9 Å². The van der Waals surface area contributed by atoms with Crippen LogP contribution in [0, 0.1) is 12.8 Å². The molecular formula is C32H39N3O5. The van der Waals surface area contributed by atoms with Gasteiger partial charge < -0.3 is 24.1 Å². The van der Waals surface area contributed by atoms with Crippen LogP contribution in [0.5, 0.6) is 11.5 Å². The molecule has 4 rings (SSSR count). The average Bonchev–Trinajstić information content (AvgIpc) is 2.88. The van der Waals surface area contributed by atoms with Gasteiger partial charge in [-0.1, -0.05) is 26.0 Å². The molecule has 0 unspecified atom stereocenters. The van der Waals surface area contributed by atoms with Gasteiger partial charge in [0.05, 0.1) is 36.3 Å². The van der Waals surface area contributed by atoms with Crippen LogP contribution in [0.4, 0.5) is 4.79 Å². The molecule has 0 aliphatic rings. The predicted octanol–water partition coefficient (Wildman–Crippen LogP) is 6.23. The molecule has 40 heavy (non-hydrogen) atoms. The van der Waals surface area contributed by atoms with E-state index in [4.69, 9.17) is 14.2 Å². The Morgan fingerprint density at radius 2 is 1.73 bits per heavy atom. The van der Waals surface area contributed by atoms with Crippen LogP contribution in [0.25, 0.3) is 21.7 Å². The molecule has 0 aliphatic carbocycles. The molecule has 2 aromatic carbocycles. The van der Waals surface area contributed by atoms with Crippen LogP contribution >= 0.6 is 0 Å². The van der Waals surface area contributed by atoms with E-state index in [9.17, 15) is 9.59 Å². The Morgan fingerprint density at radius 1 is 1.02 bits per heavy atom. The van der Waals surface area contributed by atoms with Gasteiger partial charge >= 0.3 is 6.09 Å². The number of hydrogen-bond donors (Lipinski definition) is 1. The first kappa shape index (κ1) is 28.9. The summed E-state index contributed by atoms with van der Waals surface area (Å²) >= 11 is 0. The van der Waals surface area contributed by atoms with Crippen molar-refractivity contribution in [2.24, 2.45) is 5.92 Å². The number of carbonyl (C=O) groups is 1. The van der Waals surface area contributed by atoms with Gasteiger partial charge in [-0.25, -0.2) is 4.79 Å². The average molecular weight is 546 g/mol. The first-order valence-corrected chi connectivity index (χ1v) is 13.6. The van der Waals surface area contributed by atoms with Crippen LogP contribution in [0.3, 0.4) is 0 Å². The number of aromatic nitrogens is 2. The zero-order valence-corrected chi connectivity index (χ0v) is 24.4. The van der Waals surface area contributed by atoms with E-state index in [1.165, 1.54) is 0 Å². The number of nitrogens with zero attached hydrogens (tertiary/aromatic N) is 2. The van der Waals surface area contributed by atoms with Crippen LogP contribution in [-0.4, -0.2) is 41.0 Å². The van der Waals surface area contributed by atoms with Crippen molar-refractivity contribution < 1.29 is 19.0 Å². The van der Waals surface area contributed by atoms with E-state index in [1.807, 2.05) is 76.2 Å². The maximum absolute atomic E-state index is 13.8. The number of amides is 1. The molecule has 1 amide bonds. The second-order valence-corrected chi connectivity index (χ2v) is 11.5. The molecule has 1 atom stereocenters. The van der Waals surface area contributed by atoms with Crippen molar-refractivity contribution in [3.8, 4) is 11.5 Å². The molecule has 2 aromatic heterocycles. The zero-order chi connectivity index (χ0) is 29.0. The number of fused-ring (bicyclic) bond motifs is 3. The van der Waals surface area contributed by atoms with Gasteiger partial charge in [0.15, 0.2) is 0 Å². The van der Waals surface area contributed by atoms with E-state index in [-0.39, 0.29) is 18.2 Å². The largest absolute Gasteiger partial charge is 0.497 e. The lowest BCUT2D eigenvalue weighted by Crippen LogP contribution is -2.42. The van der Waals surface area contributed by atoms with Gasteiger partial charge in [0.25, 0.3) is 5.56 Å². The summed E-state index contributed by atoms with van der Waals surface area (Å²) in [5.74, 6) is 1.71. The van der Waals surface area contributed by atoms with Gasteiger partial charge in [0.2, 0.25) is 0 Å². The first-order valence-electron chi connectivity index (χ1n) is 13.6. The van der Waals surface area contributed by atoms with E-state index in [0.717, 1.165) is 34.0 Å². The summed E-state index contributed by atoms with van der Waals surface area (Å²) < 4.78 is 18.7. The summed E-state index contributed by atoms with van der Waals surface area (Å²) in [6, 6.07) is 15.1. The van der Waals surface area contributed by atoms with Gasteiger partial charge in [0.1, 0.15) is 23.7 Å². The Kier molecular flexibility index (Phi) is 8.67. The molecule has 0 radical (unpaired) electrons. The van der Waals surface area contributed by atoms with Gasteiger partial charge in [0, 0.05) is 17.6 Å². The highest BCUT2D eigenvalue weighted by Gasteiger charge is 2.21. The van der Waals surface area contributed by atoms with Gasteiger partial charge in [-0.05, 0) is 81.3 Å². The normalized spacial score (nSPS) is 12.5. The molecule has 0 fully saturated rings. The lowest BCUT2D eigenvalue weighted by molar-refractivity contribution is 0.0480. The van der Waals surface area contributed by atoms with E-state index in [1.54, 1.807) is 17.9 Å². The number of methoxy groups -OCH3 is 1. The molecule has 212 valence electrons. The van der Waals surface area contributed by atoms with Gasteiger partial charge in [-0.3, -0.25) is 9.78 Å². The monoisotopic (exact) mass is 545 g/mol. The summed E-state index contributed by atoms with van der Waals surface area (Å²) in [6.45, 7) is 12.2. The van der Waals surface area contributed by atoms with E-state index in [0.29, 0.717) is 29.3 Å². The minimum atomic E-state index is -0.587. The van der Waals surface area contributed by atoms with Crippen LogP contribution in [0.2, 0.25) is 0 Å². The molecule has 0 spiro atoms. The summed E-state index contributed by atoms with van der Waals surface area (Å²) in [5, 5.41) is 5.35. The predicted molar refractivity (Wildman–Crippen MR) is 158 cm³/mol. The van der Waals surface area contributed by atoms with E-state index >= 15 is 0 Å². The third kappa shape index (κ3) is 6.92. The Bertz CT molecular complexity index is 1550. The summed E-state index contributed by atoms with van der Waals surface area (Å²) in [4.78, 5) is 30.6. The van der Waals surface area contributed by atoms with Gasteiger partial charge in [-0.2, -0.15) is 0 Å². The molecule has 0 aliphatic heterocycles. The van der Waals surface area contributed by atoms with Crippen LogP contribution in [0.15, 0.2) is 59.5 Å². The summed E-state index contributed by atoms with van der Waals surface area (Å²) in [7, 11) is 1.63. The smallest absolute Gasteiger partial charge is 0.407 e. The fourth-order valence-electron chi connectivity index (χ4n) is 4.84. The molecule has 0 bridgehead atoms. The fraction of sp³-hybridized carbons (Fsp3) is 0.406. The minimum absolute atomic E-state index is 0.106. The van der Waals surface area contributed by atoms with Crippen molar-refractivity contribution in [2.45, 2.75) is 66.2 Å². The molecule has 0 saturated carbocycles. The SMILES string of the molecule is COc1ccc(Cn2c(=O)c3c(C)nccc3c3ccc(OC[C@H](CC(C)C)NC(=O)OC(C)(C)C)cc32)cc1. The highest BCUT2D eigenvalue weighted by molar-refractivity contribution is 6.06. The van der Waals surface area contributed by atoms with Crippen molar-refractivity contribution in [3.05, 3.63) is 76.3 Å². The topological polar surface area (TPSA) is 91.7 Å². The number of benzene rings is 2. The van der Waals surface area contributed by atoms with Crippen molar-refractivity contribution >= 4 is 27.8 Å². The molecule has 0 saturated heterocycles. The van der Waals surface area contributed by atoms with Crippen LogP contribution in [0.1, 0.15) is 52.3 Å². The highest BCUT2D eigenvalue weighted by Crippen LogP contribution is 2.28. The summed E-state index contributed by atoms with van der Waals surface area (Å²) in [5.41, 5.74) is 1.73. The molecule has 4 aromatic rings. The van der Waals surface area contributed by atoms with Crippen LogP contribution < -0.4 is 20.3 Å². The second-order valence-electron chi connectivity index (χ2n) is 11.5. The first-order chi connectivity index (χ1) is 18.9. The standard InChI is InChI=1S/C32H39N3O5/c1-20(2)16-23(34-31(37)40-32(4,5)6)19-39-25-12-13-26-27-14-15-33-21(3)29(27)30(36)35(28(26)17-25)18-22-8-10-24(38-7)11-9-22/h8-15,17,20,23H,16,18-19H2,1-7H3,(H,34,37)/t23-/m0/s1. The highest BCUT2D eigenvalue weighted by atomic mass is 16.6. The number of alkyl carbamates (subject to hydrolysis) is 1. The Morgan fingerprint density at radius 3 is 2.38 bits per heavy atom. The van der Waals surface area contributed by atoms with Crippen molar-refractivity contribution in [1.29, 1.82) is 0 Å². The molecular weight excluding hydrogens is 506 g/mol. The maximum Gasteiger partial charge on any atom is 0.407 e. The lowest BCUT2D eigenvalue weighted by Gasteiger charge is -2.25. The lowest BCUT2D eigenvalue weighted by atomic mass is 10.0. The fourth-order valence-corrected chi connectivity index (χ4v) is 4.84. The zero-order valence-electron chi connectivity index (χ0n) is 24.4. The number of rotatable bonds is 9. The maximum atomic E-state index is 13.8. The van der Waals surface area contributed by atoms with E-state index < -0.39 is 11.7 Å². The second kappa shape index (κ2) is 12.0. The third-order valence-corrected chi connectivity index (χ3v) is 6.58. The number of nitrogens with one attached hydrogen (secondary N) is 1. The van der Waals surface area contributed by atoms with Crippen molar-refractivity contribution in [3.63, 3.8) is 0 Å². The Labute approximate surface area is 235 Å². The van der Waals surface area contributed by atoms with E-state index in [2.05, 4.69) is 24.1 Å².